The Hall–Kier alpha value is -4.62. The molecule has 0 radical (unpaired) electrons. The number of carbonyl (C=O) groups excluding carboxylic acids is 1. The third-order valence-electron chi connectivity index (χ3n) is 7.39. The highest BCUT2D eigenvalue weighted by atomic mass is 16.3. The third kappa shape index (κ3) is 5.22. The molecule has 0 bridgehead atoms. The van der Waals surface area contributed by atoms with Crippen LogP contribution in [0.4, 0.5) is 0 Å². The van der Waals surface area contributed by atoms with Crippen molar-refractivity contribution in [3.05, 3.63) is 108 Å². The van der Waals surface area contributed by atoms with Gasteiger partial charge >= 0.3 is 0 Å². The van der Waals surface area contributed by atoms with Crippen LogP contribution in [0.2, 0.25) is 0 Å². The highest BCUT2D eigenvalue weighted by Gasteiger charge is 2.25. The fourth-order valence-electron chi connectivity index (χ4n) is 5.15. The van der Waals surface area contributed by atoms with E-state index in [9.17, 15) is 9.90 Å². The first-order valence-corrected chi connectivity index (χ1v) is 13.2. The molecule has 7 nitrogen and oxygen atoms in total. The second-order valence-corrected chi connectivity index (χ2v) is 10.1. The van der Waals surface area contributed by atoms with E-state index in [0.29, 0.717) is 6.54 Å². The number of carbonyl (C=O) groups is 1. The zero-order chi connectivity index (χ0) is 26.8. The lowest BCUT2D eigenvalue weighted by atomic mass is 9.97. The average molecular weight is 518 g/mol. The minimum Gasteiger partial charge on any atom is -0.508 e. The number of hydrogen-bond acceptors (Lipinski definition) is 4. The highest BCUT2D eigenvalue weighted by molar-refractivity contribution is 6.06. The summed E-state index contributed by atoms with van der Waals surface area (Å²) in [7, 11) is 2.10. The molecule has 0 atom stereocenters. The van der Waals surface area contributed by atoms with Crippen molar-refractivity contribution < 1.29 is 9.90 Å². The maximum absolute atomic E-state index is 13.9. The van der Waals surface area contributed by atoms with Crippen LogP contribution in [0.25, 0.3) is 34.2 Å². The third-order valence-corrected chi connectivity index (χ3v) is 7.39. The van der Waals surface area contributed by atoms with Crippen LogP contribution >= 0.6 is 0 Å². The molecule has 1 N–H and O–H groups in total. The zero-order valence-corrected chi connectivity index (χ0v) is 21.9. The van der Waals surface area contributed by atoms with Crippen molar-refractivity contribution in [1.29, 1.82) is 0 Å². The monoisotopic (exact) mass is 517 g/mol. The number of imidazole rings is 1. The number of aromatic nitrogens is 3. The van der Waals surface area contributed by atoms with E-state index < -0.39 is 0 Å². The van der Waals surface area contributed by atoms with Gasteiger partial charge in [-0.15, -0.1) is 0 Å². The Bertz CT molecular complexity index is 1630. The van der Waals surface area contributed by atoms with Crippen molar-refractivity contribution in [2.24, 2.45) is 0 Å². The van der Waals surface area contributed by atoms with Crippen LogP contribution in [0.5, 0.6) is 5.75 Å². The zero-order valence-electron chi connectivity index (χ0n) is 21.9. The molecule has 0 aliphatic carbocycles. The van der Waals surface area contributed by atoms with E-state index >= 15 is 0 Å². The topological polar surface area (TPSA) is 66.5 Å². The molecule has 1 saturated heterocycles. The summed E-state index contributed by atoms with van der Waals surface area (Å²) in [6, 6.07) is 21.6. The molecule has 5 aromatic rings. The Balaban J connectivity index is 1.35. The Morgan fingerprint density at radius 2 is 1.69 bits per heavy atom. The SMILES string of the molecule is CN1CCN(C(=O)c2cn(Cc3cncn3C=Cc3ccc(O)cc3)cc2-c2cccc3ccccc23)CC1. The first kappa shape index (κ1) is 24.7. The molecule has 3 aromatic carbocycles. The molecule has 3 heterocycles. The molecule has 1 aliphatic rings. The molecule has 2 aromatic heterocycles. The number of rotatable bonds is 6. The quantitative estimate of drug-likeness (QED) is 0.333. The molecule has 0 spiro atoms. The predicted octanol–water partition coefficient (Wildman–Crippen LogP) is 5.27. The summed E-state index contributed by atoms with van der Waals surface area (Å²) >= 11 is 0. The van der Waals surface area contributed by atoms with Gasteiger partial charge in [0, 0.05) is 50.3 Å². The van der Waals surface area contributed by atoms with E-state index in [1.807, 2.05) is 58.4 Å². The van der Waals surface area contributed by atoms with Crippen molar-refractivity contribution in [2.45, 2.75) is 6.54 Å². The largest absolute Gasteiger partial charge is 0.508 e. The number of fused-ring (bicyclic) bond motifs is 1. The van der Waals surface area contributed by atoms with E-state index in [4.69, 9.17) is 0 Å². The fraction of sp³-hybridized carbons (Fsp3) is 0.188. The van der Waals surface area contributed by atoms with Gasteiger partial charge < -0.3 is 24.0 Å². The van der Waals surface area contributed by atoms with Crippen LogP contribution in [0.1, 0.15) is 21.6 Å². The van der Waals surface area contributed by atoms with Crippen LogP contribution in [0, 0.1) is 0 Å². The maximum atomic E-state index is 13.9. The molecule has 1 amide bonds. The van der Waals surface area contributed by atoms with Gasteiger partial charge in [-0.3, -0.25) is 4.79 Å². The molecule has 196 valence electrons. The van der Waals surface area contributed by atoms with Crippen LogP contribution in [-0.2, 0) is 6.54 Å². The van der Waals surface area contributed by atoms with Crippen LogP contribution in [0.15, 0.2) is 91.6 Å². The Kier molecular flexibility index (Phi) is 6.73. The van der Waals surface area contributed by atoms with Crippen molar-refractivity contribution >= 4 is 29.0 Å². The van der Waals surface area contributed by atoms with Gasteiger partial charge in [0.25, 0.3) is 5.91 Å². The van der Waals surface area contributed by atoms with E-state index in [-0.39, 0.29) is 11.7 Å². The Morgan fingerprint density at radius 1 is 0.923 bits per heavy atom. The van der Waals surface area contributed by atoms with E-state index in [1.165, 1.54) is 0 Å². The fourth-order valence-corrected chi connectivity index (χ4v) is 5.15. The van der Waals surface area contributed by atoms with Gasteiger partial charge in [0.05, 0.1) is 30.3 Å². The number of phenols is 1. The number of likely N-dealkylation sites (N-methyl/N-ethyl adjacent to an activating group) is 1. The molecule has 1 aliphatic heterocycles. The summed E-state index contributed by atoms with van der Waals surface area (Å²) in [6.07, 6.45) is 11.6. The highest BCUT2D eigenvalue weighted by Crippen LogP contribution is 2.33. The van der Waals surface area contributed by atoms with Crippen molar-refractivity contribution in [1.82, 2.24) is 23.9 Å². The second kappa shape index (κ2) is 10.6. The Morgan fingerprint density at radius 3 is 2.51 bits per heavy atom. The van der Waals surface area contributed by atoms with Gasteiger partial charge in [-0.05, 0) is 47.2 Å². The Labute approximate surface area is 227 Å². The molecule has 7 heteroatoms. The van der Waals surface area contributed by atoms with Crippen molar-refractivity contribution in [2.75, 3.05) is 33.2 Å². The summed E-state index contributed by atoms with van der Waals surface area (Å²) in [5, 5.41) is 11.8. The summed E-state index contributed by atoms with van der Waals surface area (Å²) in [6.45, 7) is 3.77. The number of nitrogens with zero attached hydrogens (tertiary/aromatic N) is 5. The molecule has 0 unspecified atom stereocenters. The second-order valence-electron chi connectivity index (χ2n) is 10.1. The normalized spacial score (nSPS) is 14.4. The first-order chi connectivity index (χ1) is 19.0. The first-order valence-electron chi connectivity index (χ1n) is 13.2. The molecular formula is C32H31N5O2. The lowest BCUT2D eigenvalue weighted by Gasteiger charge is -2.32. The number of aromatic hydroxyl groups is 1. The van der Waals surface area contributed by atoms with Gasteiger partial charge in [-0.2, -0.15) is 0 Å². The van der Waals surface area contributed by atoms with E-state index in [1.54, 1.807) is 18.5 Å². The van der Waals surface area contributed by atoms with E-state index in [0.717, 1.165) is 64.9 Å². The average Bonchev–Trinajstić information content (AvgIpc) is 3.59. The van der Waals surface area contributed by atoms with Crippen molar-refractivity contribution in [3.63, 3.8) is 0 Å². The van der Waals surface area contributed by atoms with Crippen LogP contribution in [0.3, 0.4) is 0 Å². The lowest BCUT2D eigenvalue weighted by Crippen LogP contribution is -2.47. The van der Waals surface area contributed by atoms with Crippen LogP contribution in [-0.4, -0.2) is 68.2 Å². The molecule has 6 rings (SSSR count). The van der Waals surface area contributed by atoms with E-state index in [2.05, 4.69) is 58.0 Å². The summed E-state index contributed by atoms with van der Waals surface area (Å²) in [4.78, 5) is 22.4. The standard InChI is InChI=1S/C32H31N5O2/c1-34-15-17-36(18-16-34)32(39)31-22-35(21-30(31)29-8-4-6-25-5-2-3-7-28(25)29)20-26-19-33-23-37(26)14-13-24-9-11-27(38)12-10-24/h2-14,19,21-23,38H,15-18,20H2,1H3. The molecule has 39 heavy (non-hydrogen) atoms. The number of piperazine rings is 1. The smallest absolute Gasteiger partial charge is 0.256 e. The molecular weight excluding hydrogens is 486 g/mol. The minimum absolute atomic E-state index is 0.0746. The van der Waals surface area contributed by atoms with Crippen LogP contribution < -0.4 is 0 Å². The van der Waals surface area contributed by atoms with Gasteiger partial charge in [-0.25, -0.2) is 4.98 Å². The number of hydrogen-bond donors (Lipinski definition) is 1. The van der Waals surface area contributed by atoms with Gasteiger partial charge in [0.2, 0.25) is 0 Å². The summed E-state index contributed by atoms with van der Waals surface area (Å²) in [5.74, 6) is 0.317. The molecule has 1 fully saturated rings. The lowest BCUT2D eigenvalue weighted by molar-refractivity contribution is 0.0665. The maximum Gasteiger partial charge on any atom is 0.256 e. The minimum atomic E-state index is 0.0746. The van der Waals surface area contributed by atoms with Gasteiger partial charge in [0.1, 0.15) is 5.75 Å². The van der Waals surface area contributed by atoms with Gasteiger partial charge in [0.15, 0.2) is 0 Å². The van der Waals surface area contributed by atoms with Gasteiger partial charge in [-0.1, -0.05) is 54.6 Å². The molecule has 0 saturated carbocycles. The van der Waals surface area contributed by atoms with Crippen molar-refractivity contribution in [3.8, 4) is 16.9 Å². The number of phenolic OH excluding ortho intramolecular Hbond substituents is 1. The predicted molar refractivity (Wildman–Crippen MR) is 155 cm³/mol. The summed E-state index contributed by atoms with van der Waals surface area (Å²) < 4.78 is 4.06. The summed E-state index contributed by atoms with van der Waals surface area (Å²) in [5.41, 5.74) is 4.70. The number of benzene rings is 3. The number of amides is 1.